The van der Waals surface area contributed by atoms with Crippen LogP contribution >= 0.6 is 0 Å². The first-order valence-corrected chi connectivity index (χ1v) is 14.9. The van der Waals surface area contributed by atoms with Crippen molar-refractivity contribution in [3.8, 4) is 0 Å². The van der Waals surface area contributed by atoms with Gasteiger partial charge in [-0.05, 0) is 47.6 Å². The van der Waals surface area contributed by atoms with Crippen LogP contribution in [-0.4, -0.2) is 28.8 Å². The maximum atomic E-state index is 14.5. The number of hydrogen-bond donors (Lipinski definition) is 1. The first-order chi connectivity index (χ1) is 20.1. The van der Waals surface area contributed by atoms with Crippen molar-refractivity contribution in [2.75, 3.05) is 0 Å². The molecule has 0 unspecified atom stereocenters. The van der Waals surface area contributed by atoms with Gasteiger partial charge in [0.1, 0.15) is 6.04 Å². The Kier molecular flexibility index (Phi) is 9.64. The lowest BCUT2D eigenvalue weighted by atomic mass is 9.87. The maximum Gasteiger partial charge on any atom is 0.243 e. The largest absolute Gasteiger partial charge is 0.352 e. The van der Waals surface area contributed by atoms with E-state index in [2.05, 4.69) is 48.6 Å². The Bertz CT molecular complexity index is 1360. The number of rotatable bonds is 11. The van der Waals surface area contributed by atoms with Crippen LogP contribution < -0.4 is 5.32 Å². The summed E-state index contributed by atoms with van der Waals surface area (Å²) >= 11 is 0. The molecular weight excluding hydrogens is 504 g/mol. The van der Waals surface area contributed by atoms with E-state index in [0.29, 0.717) is 13.0 Å². The van der Waals surface area contributed by atoms with Crippen LogP contribution in [0.2, 0.25) is 0 Å². The molecule has 2 amide bonds. The number of nitrogens with zero attached hydrogens (tertiary/aromatic N) is 1. The smallest absolute Gasteiger partial charge is 0.243 e. The third kappa shape index (κ3) is 7.52. The third-order valence-corrected chi connectivity index (χ3v) is 8.36. The van der Waals surface area contributed by atoms with E-state index in [4.69, 9.17) is 0 Å². The van der Waals surface area contributed by atoms with Crippen LogP contribution in [0, 0.1) is 6.92 Å². The van der Waals surface area contributed by atoms with E-state index in [1.54, 1.807) is 0 Å². The summed E-state index contributed by atoms with van der Waals surface area (Å²) in [5, 5.41) is 3.32. The second-order valence-electron chi connectivity index (χ2n) is 11.2. The zero-order valence-corrected chi connectivity index (χ0v) is 23.9. The molecule has 1 aliphatic carbocycles. The summed E-state index contributed by atoms with van der Waals surface area (Å²) in [7, 11) is 0. The fraction of sp³-hybridized carbons (Fsp3) is 0.297. The molecule has 0 bridgehead atoms. The average Bonchev–Trinajstić information content (AvgIpc) is 3.53. The molecule has 0 spiro atoms. The van der Waals surface area contributed by atoms with Crippen molar-refractivity contribution in [1.29, 1.82) is 0 Å². The Hall–Kier alpha value is -4.18. The molecule has 4 heteroatoms. The molecule has 1 aliphatic rings. The van der Waals surface area contributed by atoms with Gasteiger partial charge >= 0.3 is 0 Å². The molecule has 0 radical (unpaired) electrons. The van der Waals surface area contributed by atoms with Gasteiger partial charge in [-0.15, -0.1) is 0 Å². The summed E-state index contributed by atoms with van der Waals surface area (Å²) in [6.45, 7) is 2.46. The zero-order valence-electron chi connectivity index (χ0n) is 23.9. The molecule has 5 rings (SSSR count). The van der Waals surface area contributed by atoms with Gasteiger partial charge in [-0.3, -0.25) is 9.59 Å². The Balaban J connectivity index is 1.52. The molecule has 4 aromatic carbocycles. The van der Waals surface area contributed by atoms with Crippen molar-refractivity contribution in [2.24, 2.45) is 0 Å². The fourth-order valence-electron chi connectivity index (χ4n) is 5.98. The van der Waals surface area contributed by atoms with E-state index in [0.717, 1.165) is 53.5 Å². The number of nitrogens with one attached hydrogen (secondary N) is 1. The van der Waals surface area contributed by atoms with Crippen LogP contribution in [0.4, 0.5) is 0 Å². The van der Waals surface area contributed by atoms with Gasteiger partial charge in [0.15, 0.2) is 0 Å². The second kappa shape index (κ2) is 13.9. The molecular formula is C37H40N2O2. The lowest BCUT2D eigenvalue weighted by Gasteiger charge is -2.34. The molecule has 1 saturated carbocycles. The minimum Gasteiger partial charge on any atom is -0.352 e. The van der Waals surface area contributed by atoms with Gasteiger partial charge in [0.2, 0.25) is 11.8 Å². The van der Waals surface area contributed by atoms with E-state index in [9.17, 15) is 9.59 Å². The van der Waals surface area contributed by atoms with E-state index in [-0.39, 0.29) is 30.2 Å². The molecule has 0 saturated heterocycles. The van der Waals surface area contributed by atoms with Crippen LogP contribution in [0.25, 0.3) is 0 Å². The maximum absolute atomic E-state index is 14.5. The molecule has 41 heavy (non-hydrogen) atoms. The molecule has 4 nitrogen and oxygen atoms in total. The van der Waals surface area contributed by atoms with Gasteiger partial charge in [0.25, 0.3) is 0 Å². The van der Waals surface area contributed by atoms with Crippen molar-refractivity contribution in [1.82, 2.24) is 10.2 Å². The van der Waals surface area contributed by atoms with E-state index >= 15 is 0 Å². The van der Waals surface area contributed by atoms with Gasteiger partial charge in [-0.2, -0.15) is 0 Å². The summed E-state index contributed by atoms with van der Waals surface area (Å²) in [5.41, 5.74) is 5.41. The summed E-state index contributed by atoms with van der Waals surface area (Å²) in [6, 6.07) is 38.2. The van der Waals surface area contributed by atoms with Crippen molar-refractivity contribution >= 4 is 11.8 Å². The Morgan fingerprint density at radius 1 is 0.756 bits per heavy atom. The monoisotopic (exact) mass is 544 g/mol. The van der Waals surface area contributed by atoms with Crippen LogP contribution in [-0.2, 0) is 22.6 Å². The fourth-order valence-corrected chi connectivity index (χ4v) is 5.98. The number of carbonyl (C=O) groups is 2. The lowest BCUT2D eigenvalue weighted by Crippen LogP contribution is -2.52. The van der Waals surface area contributed by atoms with Crippen molar-refractivity contribution in [3.05, 3.63) is 143 Å². The molecule has 1 N–H and O–H groups in total. The minimum atomic E-state index is -0.614. The topological polar surface area (TPSA) is 49.4 Å². The Morgan fingerprint density at radius 3 is 1.88 bits per heavy atom. The highest BCUT2D eigenvalue weighted by molar-refractivity contribution is 5.88. The molecule has 0 heterocycles. The first-order valence-electron chi connectivity index (χ1n) is 14.9. The van der Waals surface area contributed by atoms with Crippen LogP contribution in [0.15, 0.2) is 115 Å². The highest BCUT2D eigenvalue weighted by atomic mass is 16.2. The van der Waals surface area contributed by atoms with Gasteiger partial charge < -0.3 is 10.2 Å². The normalized spacial score (nSPS) is 14.1. The van der Waals surface area contributed by atoms with Crippen molar-refractivity contribution in [2.45, 2.75) is 70.0 Å². The SMILES string of the molecule is Cc1ccccc1CN(C(=O)CC(c1ccccc1)c1ccccc1)[C@@H](Cc1ccccc1)C(=O)NC1CCCC1. The number of hydrogen-bond acceptors (Lipinski definition) is 2. The van der Waals surface area contributed by atoms with Crippen molar-refractivity contribution in [3.63, 3.8) is 0 Å². The lowest BCUT2D eigenvalue weighted by molar-refractivity contribution is -0.141. The van der Waals surface area contributed by atoms with Gasteiger partial charge in [-0.25, -0.2) is 0 Å². The third-order valence-electron chi connectivity index (χ3n) is 8.36. The number of amides is 2. The Labute approximate surface area is 244 Å². The highest BCUT2D eigenvalue weighted by Crippen LogP contribution is 2.30. The number of carbonyl (C=O) groups excluding carboxylic acids is 2. The number of aryl methyl sites for hydroxylation is 1. The quantitative estimate of drug-likeness (QED) is 0.217. The summed E-state index contributed by atoms with van der Waals surface area (Å²) in [6.07, 6.45) is 5.02. The molecule has 0 aliphatic heterocycles. The molecule has 1 fully saturated rings. The summed E-state index contributed by atoms with van der Waals surface area (Å²) < 4.78 is 0. The van der Waals surface area contributed by atoms with Gasteiger partial charge in [0, 0.05) is 31.3 Å². The summed E-state index contributed by atoms with van der Waals surface area (Å²) in [5.74, 6) is -0.188. The van der Waals surface area contributed by atoms with Crippen LogP contribution in [0.5, 0.6) is 0 Å². The molecule has 1 atom stereocenters. The Morgan fingerprint density at radius 2 is 1.29 bits per heavy atom. The summed E-state index contributed by atoms with van der Waals surface area (Å²) in [4.78, 5) is 30.4. The highest BCUT2D eigenvalue weighted by Gasteiger charge is 2.33. The van der Waals surface area contributed by atoms with Crippen molar-refractivity contribution < 1.29 is 9.59 Å². The predicted octanol–water partition coefficient (Wildman–Crippen LogP) is 7.22. The van der Waals surface area contributed by atoms with Crippen LogP contribution in [0.1, 0.15) is 65.8 Å². The minimum absolute atomic E-state index is 0.0199. The van der Waals surface area contributed by atoms with Gasteiger partial charge in [0.05, 0.1) is 0 Å². The second-order valence-corrected chi connectivity index (χ2v) is 11.2. The molecule has 4 aromatic rings. The van der Waals surface area contributed by atoms with E-state index < -0.39 is 6.04 Å². The van der Waals surface area contributed by atoms with Gasteiger partial charge in [-0.1, -0.05) is 128 Å². The first kappa shape index (κ1) is 28.4. The molecule has 0 aromatic heterocycles. The average molecular weight is 545 g/mol. The van der Waals surface area contributed by atoms with E-state index in [1.165, 1.54) is 0 Å². The standard InChI is InChI=1S/C37H40N2O2/c1-28-15-11-12-22-32(28)27-39(35(25-29-16-5-2-6-17-29)37(41)38-33-23-13-14-24-33)36(40)26-34(30-18-7-3-8-19-30)31-20-9-4-10-21-31/h2-12,15-22,33-35H,13-14,23-27H2,1H3,(H,38,41)/t35-/m0/s1. The van der Waals surface area contributed by atoms with E-state index in [1.807, 2.05) is 83.8 Å². The number of benzene rings is 4. The van der Waals surface area contributed by atoms with Crippen LogP contribution in [0.3, 0.4) is 0 Å². The molecule has 210 valence electrons. The zero-order chi connectivity index (χ0) is 28.4. The predicted molar refractivity (Wildman–Crippen MR) is 165 cm³/mol.